The molecule has 0 spiro atoms. The molecule has 2 N–H and O–H groups in total. The molecule has 0 aliphatic carbocycles. The van der Waals surface area contributed by atoms with E-state index in [2.05, 4.69) is 32.6 Å². The van der Waals surface area contributed by atoms with Crippen molar-refractivity contribution in [1.82, 2.24) is 0 Å². The molecule has 1 aromatic carbocycles. The van der Waals surface area contributed by atoms with Crippen molar-refractivity contribution in [2.24, 2.45) is 5.73 Å². The van der Waals surface area contributed by atoms with Crippen LogP contribution >= 0.6 is 11.8 Å². The fourth-order valence-corrected chi connectivity index (χ4v) is 2.10. The van der Waals surface area contributed by atoms with Crippen molar-refractivity contribution in [3.63, 3.8) is 0 Å². The summed E-state index contributed by atoms with van der Waals surface area (Å²) < 4.78 is 5.99. The van der Waals surface area contributed by atoms with Crippen LogP contribution in [0.3, 0.4) is 0 Å². The molecule has 0 aromatic heterocycles. The second-order valence-electron chi connectivity index (χ2n) is 4.84. The molecule has 0 unspecified atom stereocenters. The van der Waals surface area contributed by atoms with Crippen LogP contribution in [0.15, 0.2) is 24.3 Å². The fourth-order valence-electron chi connectivity index (χ4n) is 1.32. The number of nitrogens with two attached hydrogens (primary N) is 1. The van der Waals surface area contributed by atoms with Gasteiger partial charge in [-0.3, -0.25) is 0 Å². The van der Waals surface area contributed by atoms with Gasteiger partial charge in [-0.15, -0.1) is 0 Å². The number of benzene rings is 1. The molecule has 3 heteroatoms. The molecule has 0 aliphatic rings. The van der Waals surface area contributed by atoms with Gasteiger partial charge in [-0.1, -0.05) is 38.7 Å². The van der Waals surface area contributed by atoms with Gasteiger partial charge in [0, 0.05) is 16.1 Å². The lowest BCUT2D eigenvalue weighted by Crippen LogP contribution is -2.11. The first-order chi connectivity index (χ1) is 8.51. The summed E-state index contributed by atoms with van der Waals surface area (Å²) in [4.78, 5) is 0. The lowest BCUT2D eigenvalue weighted by atomic mass is 10.2. The van der Waals surface area contributed by atoms with E-state index in [-0.39, 0.29) is 4.75 Å². The quantitative estimate of drug-likeness (QED) is 0.670. The Morgan fingerprint density at radius 1 is 1.33 bits per heavy atom. The molecule has 98 valence electrons. The third-order valence-corrected chi connectivity index (χ3v) is 3.29. The summed E-state index contributed by atoms with van der Waals surface area (Å²) in [7, 11) is 0. The summed E-state index contributed by atoms with van der Waals surface area (Å²) in [5, 5.41) is 0. The highest BCUT2D eigenvalue weighted by molar-refractivity contribution is 8.00. The summed E-state index contributed by atoms with van der Waals surface area (Å²) in [5.74, 6) is 7.69. The first-order valence-corrected chi connectivity index (χ1v) is 7.05. The second-order valence-corrected chi connectivity index (χ2v) is 6.76. The minimum absolute atomic E-state index is 0.289. The molecule has 1 aromatic rings. The molecule has 2 nitrogen and oxygen atoms in total. The van der Waals surface area contributed by atoms with Gasteiger partial charge >= 0.3 is 0 Å². The number of hydrogen-bond donors (Lipinski definition) is 1. The van der Waals surface area contributed by atoms with E-state index < -0.39 is 0 Å². The molecule has 0 heterocycles. The van der Waals surface area contributed by atoms with Gasteiger partial charge in [0.05, 0.1) is 13.2 Å². The minimum Gasteiger partial charge on any atom is -0.493 e. The lowest BCUT2D eigenvalue weighted by Gasteiger charge is -2.17. The van der Waals surface area contributed by atoms with E-state index in [0.717, 1.165) is 23.7 Å². The summed E-state index contributed by atoms with van der Waals surface area (Å²) in [5.41, 5.74) is 6.29. The van der Waals surface area contributed by atoms with Crippen LogP contribution in [0.2, 0.25) is 0 Å². The SMILES string of the molecule is CC(C)(C)SCCOc1cccc(C#CCN)c1. The zero-order chi connectivity index (χ0) is 13.4. The van der Waals surface area contributed by atoms with Gasteiger partial charge in [-0.2, -0.15) is 11.8 Å². The van der Waals surface area contributed by atoms with Crippen LogP contribution in [0.25, 0.3) is 0 Å². The highest BCUT2D eigenvalue weighted by Crippen LogP contribution is 2.23. The van der Waals surface area contributed by atoms with Gasteiger partial charge in [0.25, 0.3) is 0 Å². The Labute approximate surface area is 114 Å². The third-order valence-electron chi connectivity index (χ3n) is 2.06. The maximum Gasteiger partial charge on any atom is 0.120 e. The Hall–Kier alpha value is -1.11. The van der Waals surface area contributed by atoms with E-state index in [1.165, 1.54) is 0 Å². The maximum atomic E-state index is 5.70. The highest BCUT2D eigenvalue weighted by Gasteiger charge is 2.09. The van der Waals surface area contributed by atoms with Crippen molar-refractivity contribution in [3.8, 4) is 17.6 Å². The maximum absolute atomic E-state index is 5.70. The van der Waals surface area contributed by atoms with Crippen molar-refractivity contribution in [1.29, 1.82) is 0 Å². The summed E-state index contributed by atoms with van der Waals surface area (Å²) in [6, 6.07) is 7.81. The van der Waals surface area contributed by atoms with Crippen LogP contribution < -0.4 is 10.5 Å². The van der Waals surface area contributed by atoms with Gasteiger partial charge in [0.15, 0.2) is 0 Å². The predicted molar refractivity (Wildman–Crippen MR) is 80.1 cm³/mol. The normalized spacial score (nSPS) is 10.7. The monoisotopic (exact) mass is 263 g/mol. The van der Waals surface area contributed by atoms with Gasteiger partial charge in [0.2, 0.25) is 0 Å². The molecule has 0 radical (unpaired) electrons. The Morgan fingerprint density at radius 2 is 2.11 bits per heavy atom. The number of ether oxygens (including phenoxy) is 1. The van der Waals surface area contributed by atoms with Crippen LogP contribution in [-0.2, 0) is 0 Å². The van der Waals surface area contributed by atoms with Crippen molar-refractivity contribution in [3.05, 3.63) is 29.8 Å². The van der Waals surface area contributed by atoms with Crippen molar-refractivity contribution in [2.75, 3.05) is 18.9 Å². The first-order valence-electron chi connectivity index (χ1n) is 6.07. The summed E-state index contributed by atoms with van der Waals surface area (Å²) >= 11 is 1.90. The molecule has 0 aliphatic heterocycles. The molecule has 0 saturated heterocycles. The minimum atomic E-state index is 0.289. The standard InChI is InChI=1S/C15H21NOS/c1-15(2,3)18-11-10-17-14-8-4-6-13(12-14)7-5-9-16/h4,6,8,12H,9-11,16H2,1-3H3. The van der Waals surface area contributed by atoms with E-state index in [1.807, 2.05) is 36.0 Å². The molecule has 0 saturated carbocycles. The molecular formula is C15H21NOS. The van der Waals surface area contributed by atoms with Gasteiger partial charge in [-0.05, 0) is 18.2 Å². The molecule has 0 amide bonds. The molecule has 0 atom stereocenters. The Bertz CT molecular complexity index is 426. The average molecular weight is 263 g/mol. The molecule has 0 bridgehead atoms. The Morgan fingerprint density at radius 3 is 2.78 bits per heavy atom. The van der Waals surface area contributed by atoms with Crippen LogP contribution in [-0.4, -0.2) is 23.7 Å². The van der Waals surface area contributed by atoms with E-state index in [9.17, 15) is 0 Å². The molecular weight excluding hydrogens is 242 g/mol. The van der Waals surface area contributed by atoms with Crippen molar-refractivity contribution >= 4 is 11.8 Å². The van der Waals surface area contributed by atoms with Crippen LogP contribution in [0.4, 0.5) is 0 Å². The van der Waals surface area contributed by atoms with E-state index in [1.54, 1.807) is 0 Å². The van der Waals surface area contributed by atoms with E-state index in [4.69, 9.17) is 10.5 Å². The van der Waals surface area contributed by atoms with Crippen LogP contribution in [0.5, 0.6) is 5.75 Å². The van der Waals surface area contributed by atoms with Crippen LogP contribution in [0, 0.1) is 11.8 Å². The number of hydrogen-bond acceptors (Lipinski definition) is 3. The molecule has 18 heavy (non-hydrogen) atoms. The Balaban J connectivity index is 2.43. The summed E-state index contributed by atoms with van der Waals surface area (Å²) in [6.07, 6.45) is 0. The molecule has 0 fully saturated rings. The van der Waals surface area contributed by atoms with Crippen molar-refractivity contribution in [2.45, 2.75) is 25.5 Å². The van der Waals surface area contributed by atoms with E-state index >= 15 is 0 Å². The predicted octanol–water partition coefficient (Wildman–Crippen LogP) is 2.91. The second kappa shape index (κ2) is 7.35. The average Bonchev–Trinajstić information content (AvgIpc) is 2.31. The highest BCUT2D eigenvalue weighted by atomic mass is 32.2. The molecule has 1 rings (SSSR count). The fraction of sp³-hybridized carbons (Fsp3) is 0.467. The summed E-state index contributed by atoms with van der Waals surface area (Å²) in [6.45, 7) is 7.73. The zero-order valence-electron chi connectivity index (χ0n) is 11.3. The number of thioether (sulfide) groups is 1. The first kappa shape index (κ1) is 14.9. The van der Waals surface area contributed by atoms with Gasteiger partial charge < -0.3 is 10.5 Å². The smallest absolute Gasteiger partial charge is 0.120 e. The largest absolute Gasteiger partial charge is 0.493 e. The Kier molecular flexibility index (Phi) is 6.11. The third kappa shape index (κ3) is 6.58. The van der Waals surface area contributed by atoms with E-state index in [0.29, 0.717) is 6.54 Å². The zero-order valence-corrected chi connectivity index (χ0v) is 12.1. The number of rotatable bonds is 4. The van der Waals surface area contributed by atoms with Gasteiger partial charge in [-0.25, -0.2) is 0 Å². The lowest BCUT2D eigenvalue weighted by molar-refractivity contribution is 0.343. The van der Waals surface area contributed by atoms with Crippen LogP contribution in [0.1, 0.15) is 26.3 Å². The topological polar surface area (TPSA) is 35.2 Å². The van der Waals surface area contributed by atoms with Crippen molar-refractivity contribution < 1.29 is 4.74 Å². The van der Waals surface area contributed by atoms with Gasteiger partial charge in [0.1, 0.15) is 5.75 Å².